The van der Waals surface area contributed by atoms with Gasteiger partial charge in [0.15, 0.2) is 0 Å². The van der Waals surface area contributed by atoms with Crippen molar-refractivity contribution in [2.24, 2.45) is 0 Å². The topological polar surface area (TPSA) is 20.3 Å². The average Bonchev–Trinajstić information content (AvgIpc) is 2.78. The first-order valence-electron chi connectivity index (χ1n) is 6.91. The quantitative estimate of drug-likeness (QED) is 0.821. The Balaban J connectivity index is 1.90. The Morgan fingerprint density at radius 1 is 1.29 bits per heavy atom. The standard InChI is InChI=1S/C17H15ClFNO/c1-11-9-12-5-2-3-8-16(12)20(11)17(21)10-13-14(18)6-4-7-15(13)19/h2-8,11H,9-10H2,1H3/t11-/m1/s1. The van der Waals surface area contributed by atoms with E-state index in [9.17, 15) is 9.18 Å². The Bertz CT molecular complexity index is 681. The molecule has 0 N–H and O–H groups in total. The lowest BCUT2D eigenvalue weighted by Gasteiger charge is -2.23. The normalized spacial score (nSPS) is 16.9. The van der Waals surface area contributed by atoms with Crippen LogP contribution in [-0.4, -0.2) is 11.9 Å². The van der Waals surface area contributed by atoms with Gasteiger partial charge in [0, 0.05) is 22.3 Å². The predicted octanol–water partition coefficient (Wildman–Crippen LogP) is 4.00. The summed E-state index contributed by atoms with van der Waals surface area (Å²) in [6.45, 7) is 2.00. The van der Waals surface area contributed by atoms with Crippen molar-refractivity contribution in [2.45, 2.75) is 25.8 Å². The average molecular weight is 304 g/mol. The lowest BCUT2D eigenvalue weighted by molar-refractivity contribution is -0.118. The summed E-state index contributed by atoms with van der Waals surface area (Å²) < 4.78 is 13.8. The van der Waals surface area contributed by atoms with Crippen LogP contribution in [0.3, 0.4) is 0 Å². The summed E-state index contributed by atoms with van der Waals surface area (Å²) in [5.74, 6) is -0.560. The van der Waals surface area contributed by atoms with E-state index in [4.69, 9.17) is 11.6 Å². The van der Waals surface area contributed by atoms with E-state index < -0.39 is 5.82 Å². The molecule has 0 unspecified atom stereocenters. The number of carbonyl (C=O) groups excluding carboxylic acids is 1. The molecule has 2 aromatic rings. The number of fused-ring (bicyclic) bond motifs is 1. The highest BCUT2D eigenvalue weighted by atomic mass is 35.5. The molecule has 1 aliphatic rings. The molecule has 0 spiro atoms. The van der Waals surface area contributed by atoms with Gasteiger partial charge in [-0.05, 0) is 37.1 Å². The van der Waals surface area contributed by atoms with E-state index >= 15 is 0 Å². The maximum atomic E-state index is 13.8. The first-order valence-corrected chi connectivity index (χ1v) is 7.28. The Morgan fingerprint density at radius 3 is 2.81 bits per heavy atom. The highest BCUT2D eigenvalue weighted by Crippen LogP contribution is 2.32. The van der Waals surface area contributed by atoms with Gasteiger partial charge >= 0.3 is 0 Å². The largest absolute Gasteiger partial charge is 0.309 e. The number of amides is 1. The van der Waals surface area contributed by atoms with E-state index in [1.54, 1.807) is 17.0 Å². The highest BCUT2D eigenvalue weighted by molar-refractivity contribution is 6.31. The fraction of sp³-hybridized carbons (Fsp3) is 0.235. The van der Waals surface area contributed by atoms with Gasteiger partial charge in [-0.1, -0.05) is 35.9 Å². The number of hydrogen-bond donors (Lipinski definition) is 0. The van der Waals surface area contributed by atoms with Crippen molar-refractivity contribution in [1.82, 2.24) is 0 Å². The number of carbonyl (C=O) groups is 1. The third-order valence-electron chi connectivity index (χ3n) is 3.87. The minimum atomic E-state index is -0.434. The molecule has 0 radical (unpaired) electrons. The van der Waals surface area contributed by atoms with Gasteiger partial charge in [0.2, 0.25) is 5.91 Å². The van der Waals surface area contributed by atoms with Crippen molar-refractivity contribution in [2.75, 3.05) is 4.90 Å². The fourth-order valence-electron chi connectivity index (χ4n) is 2.88. The van der Waals surface area contributed by atoms with Gasteiger partial charge in [-0.2, -0.15) is 0 Å². The Hall–Kier alpha value is -1.87. The monoisotopic (exact) mass is 303 g/mol. The summed E-state index contributed by atoms with van der Waals surface area (Å²) in [5, 5.41) is 0.295. The lowest BCUT2D eigenvalue weighted by Crippen LogP contribution is -2.37. The van der Waals surface area contributed by atoms with Gasteiger partial charge in [0.25, 0.3) is 0 Å². The summed E-state index contributed by atoms with van der Waals surface area (Å²) in [4.78, 5) is 14.3. The number of hydrogen-bond acceptors (Lipinski definition) is 1. The molecule has 1 amide bonds. The zero-order valence-electron chi connectivity index (χ0n) is 11.6. The zero-order valence-corrected chi connectivity index (χ0v) is 12.4. The third-order valence-corrected chi connectivity index (χ3v) is 4.22. The van der Waals surface area contributed by atoms with Crippen LogP contribution in [0, 0.1) is 5.82 Å². The second kappa shape index (κ2) is 5.49. The molecule has 0 aromatic heterocycles. The van der Waals surface area contributed by atoms with E-state index in [1.165, 1.54) is 6.07 Å². The van der Waals surface area contributed by atoms with Gasteiger partial charge in [-0.3, -0.25) is 4.79 Å². The van der Waals surface area contributed by atoms with Crippen molar-refractivity contribution in [3.63, 3.8) is 0 Å². The van der Waals surface area contributed by atoms with Gasteiger partial charge in [0.1, 0.15) is 5.82 Å². The summed E-state index contributed by atoms with van der Waals surface area (Å²) in [6.07, 6.45) is 0.803. The fourth-order valence-corrected chi connectivity index (χ4v) is 3.11. The lowest BCUT2D eigenvalue weighted by atomic mass is 10.1. The van der Waals surface area contributed by atoms with E-state index in [0.29, 0.717) is 5.02 Å². The highest BCUT2D eigenvalue weighted by Gasteiger charge is 2.31. The number of nitrogens with zero attached hydrogens (tertiary/aromatic N) is 1. The molecule has 0 saturated heterocycles. The zero-order chi connectivity index (χ0) is 15.0. The van der Waals surface area contributed by atoms with Gasteiger partial charge in [0.05, 0.1) is 6.42 Å². The van der Waals surface area contributed by atoms with E-state index in [0.717, 1.165) is 17.7 Å². The maximum Gasteiger partial charge on any atom is 0.231 e. The number of anilines is 1. The Labute approximate surface area is 128 Å². The van der Waals surface area contributed by atoms with Crippen LogP contribution in [0.25, 0.3) is 0 Å². The van der Waals surface area contributed by atoms with Crippen molar-refractivity contribution < 1.29 is 9.18 Å². The molecule has 2 nitrogen and oxygen atoms in total. The molecule has 3 rings (SSSR count). The minimum absolute atomic E-state index is 0.0236. The summed E-state index contributed by atoms with van der Waals surface area (Å²) >= 11 is 6.01. The minimum Gasteiger partial charge on any atom is -0.309 e. The molecular weight excluding hydrogens is 289 g/mol. The summed E-state index contributed by atoms with van der Waals surface area (Å²) in [5.41, 5.74) is 2.33. The molecule has 0 bridgehead atoms. The van der Waals surface area contributed by atoms with Gasteiger partial charge in [-0.15, -0.1) is 0 Å². The molecule has 21 heavy (non-hydrogen) atoms. The number of rotatable bonds is 2. The number of halogens is 2. The summed E-state index contributed by atoms with van der Waals surface area (Å²) in [7, 11) is 0. The van der Waals surface area contributed by atoms with Gasteiger partial charge in [-0.25, -0.2) is 4.39 Å². The molecule has 1 aliphatic heterocycles. The first-order chi connectivity index (χ1) is 10.1. The van der Waals surface area contributed by atoms with E-state index in [-0.39, 0.29) is 23.9 Å². The molecule has 4 heteroatoms. The molecular formula is C17H15ClFNO. The molecule has 0 aliphatic carbocycles. The van der Waals surface area contributed by atoms with E-state index in [1.807, 2.05) is 31.2 Å². The smallest absolute Gasteiger partial charge is 0.231 e. The Kier molecular flexibility index (Phi) is 3.68. The van der Waals surface area contributed by atoms with Crippen LogP contribution in [0.2, 0.25) is 5.02 Å². The predicted molar refractivity (Wildman–Crippen MR) is 82.2 cm³/mol. The maximum absolute atomic E-state index is 13.8. The van der Waals surface area contributed by atoms with Crippen LogP contribution in [-0.2, 0) is 17.6 Å². The molecule has 2 aromatic carbocycles. The van der Waals surface area contributed by atoms with Gasteiger partial charge < -0.3 is 4.90 Å². The van der Waals surface area contributed by atoms with Crippen molar-refractivity contribution in [3.8, 4) is 0 Å². The van der Waals surface area contributed by atoms with Crippen LogP contribution in [0.5, 0.6) is 0 Å². The summed E-state index contributed by atoms with van der Waals surface area (Å²) in [6, 6.07) is 12.4. The van der Waals surface area contributed by atoms with Crippen LogP contribution in [0.1, 0.15) is 18.1 Å². The molecule has 0 fully saturated rings. The molecule has 0 saturated carbocycles. The van der Waals surface area contributed by atoms with Crippen LogP contribution < -0.4 is 4.90 Å². The number of benzene rings is 2. The second-order valence-corrected chi connectivity index (χ2v) is 5.73. The van der Waals surface area contributed by atoms with Crippen molar-refractivity contribution in [3.05, 3.63) is 64.4 Å². The third kappa shape index (κ3) is 2.54. The second-order valence-electron chi connectivity index (χ2n) is 5.32. The SMILES string of the molecule is C[C@@H]1Cc2ccccc2N1C(=O)Cc1c(F)cccc1Cl. The van der Waals surface area contributed by atoms with Crippen LogP contribution >= 0.6 is 11.6 Å². The van der Waals surface area contributed by atoms with Crippen LogP contribution in [0.4, 0.5) is 10.1 Å². The first kappa shape index (κ1) is 14.1. The molecule has 108 valence electrons. The molecule has 1 atom stereocenters. The Morgan fingerprint density at radius 2 is 2.05 bits per heavy atom. The van der Waals surface area contributed by atoms with Crippen LogP contribution in [0.15, 0.2) is 42.5 Å². The van der Waals surface area contributed by atoms with Crippen molar-refractivity contribution >= 4 is 23.2 Å². The number of para-hydroxylation sites is 1. The molecule has 1 heterocycles. The van der Waals surface area contributed by atoms with Crippen molar-refractivity contribution in [1.29, 1.82) is 0 Å². The van der Waals surface area contributed by atoms with E-state index in [2.05, 4.69) is 0 Å².